The fourth-order valence-corrected chi connectivity index (χ4v) is 1.42. The molecular weight excluding hydrogens is 168 g/mol. The van der Waals surface area contributed by atoms with E-state index < -0.39 is 6.16 Å². The lowest BCUT2D eigenvalue weighted by molar-refractivity contribution is 0.115. The van der Waals surface area contributed by atoms with Gasteiger partial charge in [0.15, 0.2) is 6.10 Å². The molecule has 0 saturated carbocycles. The van der Waals surface area contributed by atoms with E-state index >= 15 is 0 Å². The molecule has 3 heteroatoms. The molecule has 2 atom stereocenters. The third-order valence-corrected chi connectivity index (χ3v) is 2.17. The van der Waals surface area contributed by atoms with Gasteiger partial charge >= 0.3 is 6.16 Å². The van der Waals surface area contributed by atoms with Gasteiger partial charge in [-0.15, -0.1) is 0 Å². The molecule has 1 aliphatic heterocycles. The molecule has 1 fully saturated rings. The summed E-state index contributed by atoms with van der Waals surface area (Å²) < 4.78 is 9.85. The first-order chi connectivity index (χ1) is 6.27. The van der Waals surface area contributed by atoms with Gasteiger partial charge in [0.25, 0.3) is 0 Å². The van der Waals surface area contributed by atoms with E-state index in [0.717, 1.165) is 19.3 Å². The molecule has 74 valence electrons. The molecule has 0 unspecified atom stereocenters. The van der Waals surface area contributed by atoms with Crippen LogP contribution in [-0.2, 0) is 9.47 Å². The highest BCUT2D eigenvalue weighted by Gasteiger charge is 2.33. The summed E-state index contributed by atoms with van der Waals surface area (Å²) in [6.07, 6.45) is 4.98. The maximum absolute atomic E-state index is 10.8. The molecule has 0 N–H and O–H groups in total. The van der Waals surface area contributed by atoms with Crippen LogP contribution in [-0.4, -0.2) is 18.4 Å². The predicted molar refractivity (Wildman–Crippen MR) is 49.5 cm³/mol. The highest BCUT2D eigenvalue weighted by molar-refractivity contribution is 5.62. The Morgan fingerprint density at radius 2 is 2.23 bits per heavy atom. The van der Waals surface area contributed by atoms with Crippen LogP contribution in [0.1, 0.15) is 32.6 Å². The number of carbonyl (C=O) groups excluding carboxylic acids is 1. The van der Waals surface area contributed by atoms with Gasteiger partial charge in [0, 0.05) is 0 Å². The molecule has 0 aliphatic carbocycles. The molecule has 1 aliphatic rings. The van der Waals surface area contributed by atoms with Crippen molar-refractivity contribution >= 4 is 6.16 Å². The van der Waals surface area contributed by atoms with E-state index in [9.17, 15) is 4.79 Å². The van der Waals surface area contributed by atoms with Crippen molar-refractivity contribution in [2.75, 3.05) is 0 Å². The molecule has 0 bridgehead atoms. The second kappa shape index (κ2) is 4.90. The Morgan fingerprint density at radius 1 is 1.46 bits per heavy atom. The first-order valence-electron chi connectivity index (χ1n) is 4.77. The number of hydrogen-bond acceptors (Lipinski definition) is 3. The van der Waals surface area contributed by atoms with Crippen molar-refractivity contribution in [1.29, 1.82) is 0 Å². The zero-order valence-corrected chi connectivity index (χ0v) is 7.99. The van der Waals surface area contributed by atoms with Crippen LogP contribution < -0.4 is 0 Å². The Labute approximate surface area is 78.7 Å². The lowest BCUT2D eigenvalue weighted by Crippen LogP contribution is -2.19. The molecule has 0 radical (unpaired) electrons. The van der Waals surface area contributed by atoms with Gasteiger partial charge in [-0.3, -0.25) is 0 Å². The monoisotopic (exact) mass is 184 g/mol. The largest absolute Gasteiger partial charge is 0.509 e. The number of carbonyl (C=O) groups is 1. The molecular formula is C10H16O3. The summed E-state index contributed by atoms with van der Waals surface area (Å²) in [4.78, 5) is 10.8. The molecule has 1 heterocycles. The molecule has 0 amide bonds. The average Bonchev–Trinajstić information content (AvgIpc) is 2.47. The molecule has 1 rings (SSSR count). The van der Waals surface area contributed by atoms with Crippen molar-refractivity contribution in [2.45, 2.75) is 44.8 Å². The van der Waals surface area contributed by atoms with Gasteiger partial charge in [-0.2, -0.15) is 0 Å². The highest BCUT2D eigenvalue weighted by Crippen LogP contribution is 2.21. The van der Waals surface area contributed by atoms with Gasteiger partial charge in [0.05, 0.1) is 0 Å². The van der Waals surface area contributed by atoms with Crippen molar-refractivity contribution in [2.24, 2.45) is 0 Å². The number of cyclic esters (lactones) is 2. The number of hydrogen-bond donors (Lipinski definition) is 0. The molecule has 0 aromatic heterocycles. The van der Waals surface area contributed by atoms with E-state index in [1.165, 1.54) is 6.42 Å². The molecule has 3 nitrogen and oxygen atoms in total. The van der Waals surface area contributed by atoms with Crippen LogP contribution in [0.5, 0.6) is 0 Å². The van der Waals surface area contributed by atoms with E-state index in [1.807, 2.05) is 0 Å². The van der Waals surface area contributed by atoms with Crippen LogP contribution in [0.25, 0.3) is 0 Å². The fraction of sp³-hybridized carbons (Fsp3) is 0.700. The smallest absolute Gasteiger partial charge is 0.427 e. The zero-order valence-electron chi connectivity index (χ0n) is 7.99. The Bertz CT molecular complexity index is 189. The van der Waals surface area contributed by atoms with Crippen LogP contribution in [0.2, 0.25) is 0 Å². The maximum atomic E-state index is 10.8. The Hall–Kier alpha value is -0.990. The SMILES string of the molecule is C=C[C@@H]1OC(=O)O[C@H]1CCCCC. The third kappa shape index (κ3) is 2.76. The van der Waals surface area contributed by atoms with Crippen molar-refractivity contribution in [3.63, 3.8) is 0 Å². The van der Waals surface area contributed by atoms with Crippen molar-refractivity contribution < 1.29 is 14.3 Å². The Kier molecular flexibility index (Phi) is 3.80. The lowest BCUT2D eigenvalue weighted by atomic mass is 10.1. The van der Waals surface area contributed by atoms with Gasteiger partial charge in [-0.25, -0.2) is 4.79 Å². The molecule has 13 heavy (non-hydrogen) atoms. The minimum atomic E-state index is -0.564. The van der Waals surface area contributed by atoms with E-state index in [1.54, 1.807) is 6.08 Å². The van der Waals surface area contributed by atoms with Crippen LogP contribution in [0.3, 0.4) is 0 Å². The maximum Gasteiger partial charge on any atom is 0.509 e. The topological polar surface area (TPSA) is 35.5 Å². The van der Waals surface area contributed by atoms with E-state index in [4.69, 9.17) is 9.47 Å². The summed E-state index contributed by atoms with van der Waals surface area (Å²) in [5.41, 5.74) is 0. The molecule has 1 saturated heterocycles. The zero-order chi connectivity index (χ0) is 9.68. The quantitative estimate of drug-likeness (QED) is 0.374. The van der Waals surface area contributed by atoms with Gasteiger partial charge < -0.3 is 9.47 Å². The van der Waals surface area contributed by atoms with E-state index in [-0.39, 0.29) is 12.2 Å². The molecule has 0 spiro atoms. The minimum Gasteiger partial charge on any atom is -0.427 e. The van der Waals surface area contributed by atoms with Gasteiger partial charge in [-0.1, -0.05) is 26.3 Å². The summed E-state index contributed by atoms with van der Waals surface area (Å²) in [5.74, 6) is 0. The van der Waals surface area contributed by atoms with Crippen LogP contribution >= 0.6 is 0 Å². The highest BCUT2D eigenvalue weighted by atomic mass is 16.8. The number of unbranched alkanes of at least 4 members (excludes halogenated alkanes) is 2. The van der Waals surface area contributed by atoms with E-state index in [2.05, 4.69) is 13.5 Å². The number of rotatable bonds is 5. The van der Waals surface area contributed by atoms with Crippen LogP contribution in [0.4, 0.5) is 4.79 Å². The second-order valence-corrected chi connectivity index (χ2v) is 3.22. The first-order valence-corrected chi connectivity index (χ1v) is 4.77. The van der Waals surface area contributed by atoms with Crippen LogP contribution in [0.15, 0.2) is 12.7 Å². The normalized spacial score (nSPS) is 26.7. The minimum absolute atomic E-state index is 0.114. The van der Waals surface area contributed by atoms with Gasteiger partial charge in [0.2, 0.25) is 0 Å². The van der Waals surface area contributed by atoms with Crippen molar-refractivity contribution in [3.8, 4) is 0 Å². The van der Waals surface area contributed by atoms with Gasteiger partial charge in [-0.05, 0) is 18.9 Å². The Morgan fingerprint density at radius 3 is 2.85 bits per heavy atom. The van der Waals surface area contributed by atoms with Gasteiger partial charge in [0.1, 0.15) is 6.10 Å². The summed E-state index contributed by atoms with van der Waals surface area (Å²) in [7, 11) is 0. The molecule has 0 aromatic rings. The van der Waals surface area contributed by atoms with Crippen LogP contribution in [0, 0.1) is 0 Å². The summed E-state index contributed by atoms with van der Waals surface area (Å²) >= 11 is 0. The lowest BCUT2D eigenvalue weighted by Gasteiger charge is -2.10. The average molecular weight is 184 g/mol. The molecule has 0 aromatic carbocycles. The van der Waals surface area contributed by atoms with Crippen molar-refractivity contribution in [1.82, 2.24) is 0 Å². The summed E-state index contributed by atoms with van der Waals surface area (Å²) in [6.45, 7) is 5.74. The third-order valence-electron chi connectivity index (χ3n) is 2.17. The summed E-state index contributed by atoms with van der Waals surface area (Å²) in [6, 6.07) is 0. The predicted octanol–water partition coefficient (Wildman–Crippen LogP) is 2.66. The standard InChI is InChI=1S/C10H16O3/c1-3-5-6-7-9-8(4-2)12-10(11)13-9/h4,8-9H,2-3,5-7H2,1H3/t8-,9-/m0/s1. The first kappa shape index (κ1) is 10.1. The van der Waals surface area contributed by atoms with E-state index in [0.29, 0.717) is 0 Å². The fourth-order valence-electron chi connectivity index (χ4n) is 1.42. The van der Waals surface area contributed by atoms with Crippen molar-refractivity contribution in [3.05, 3.63) is 12.7 Å². The number of ether oxygens (including phenoxy) is 2. The Balaban J connectivity index is 2.31. The summed E-state index contributed by atoms with van der Waals surface area (Å²) in [5, 5.41) is 0. The second-order valence-electron chi connectivity index (χ2n) is 3.22.